The summed E-state index contributed by atoms with van der Waals surface area (Å²) in [6.45, 7) is 2.68. The summed E-state index contributed by atoms with van der Waals surface area (Å²) in [4.78, 5) is 11.4. The highest BCUT2D eigenvalue weighted by Gasteiger charge is 2.12. The quantitative estimate of drug-likeness (QED) is 0.509. The minimum atomic E-state index is 0.294. The number of hydrogen-bond acceptors (Lipinski definition) is 3. The van der Waals surface area contributed by atoms with E-state index < -0.39 is 0 Å². The molecule has 0 radical (unpaired) electrons. The highest BCUT2D eigenvalue weighted by molar-refractivity contribution is 6.31. The van der Waals surface area contributed by atoms with Crippen LogP contribution in [0.4, 0.5) is 0 Å². The average Bonchev–Trinajstić information content (AvgIpc) is 2.67. The van der Waals surface area contributed by atoms with Gasteiger partial charge in [-0.1, -0.05) is 60.1 Å². The summed E-state index contributed by atoms with van der Waals surface area (Å²) in [6, 6.07) is 20.7. The minimum Gasteiger partial charge on any atom is -0.485 e. The fourth-order valence-electron chi connectivity index (χ4n) is 2.59. The Morgan fingerprint density at radius 3 is 2.27 bits per heavy atom. The highest BCUT2D eigenvalue weighted by Crippen LogP contribution is 2.32. The summed E-state index contributed by atoms with van der Waals surface area (Å²) in [5, 5.41) is 0.640. The number of aldehydes is 1. The van der Waals surface area contributed by atoms with Crippen LogP contribution in [0.1, 0.15) is 27.0 Å². The maximum atomic E-state index is 11.4. The molecule has 3 aromatic rings. The van der Waals surface area contributed by atoms with Crippen molar-refractivity contribution in [3.8, 4) is 11.5 Å². The highest BCUT2D eigenvalue weighted by atomic mass is 35.5. The van der Waals surface area contributed by atoms with Gasteiger partial charge in [-0.15, -0.1) is 0 Å². The molecule has 0 saturated carbocycles. The molecule has 0 bridgehead atoms. The molecule has 132 valence electrons. The zero-order valence-electron chi connectivity index (χ0n) is 14.4. The number of carbonyl (C=O) groups excluding carboxylic acids is 1. The Bertz CT molecular complexity index is 905. The molecule has 0 aliphatic heterocycles. The van der Waals surface area contributed by atoms with E-state index in [9.17, 15) is 4.79 Å². The first-order chi connectivity index (χ1) is 12.7. The van der Waals surface area contributed by atoms with Gasteiger partial charge in [0.05, 0.1) is 5.56 Å². The zero-order chi connectivity index (χ0) is 18.4. The van der Waals surface area contributed by atoms with Crippen LogP contribution < -0.4 is 9.47 Å². The van der Waals surface area contributed by atoms with Gasteiger partial charge in [-0.3, -0.25) is 4.79 Å². The molecule has 0 aliphatic carbocycles. The molecule has 0 N–H and O–H groups in total. The predicted octanol–water partition coefficient (Wildman–Crippen LogP) is 5.62. The molecule has 0 spiro atoms. The standard InChI is InChI=1S/C22H19ClO3/c1-16-7-2-3-8-18(16)14-26-22-17(13-24)10-6-12-21(22)25-15-19-9-4-5-11-20(19)23/h2-13H,14-15H2,1H3. The molecule has 0 fully saturated rings. The fraction of sp³-hybridized carbons (Fsp3) is 0.136. The molecule has 3 nitrogen and oxygen atoms in total. The van der Waals surface area contributed by atoms with Crippen molar-refractivity contribution in [3.63, 3.8) is 0 Å². The second-order valence-electron chi connectivity index (χ2n) is 5.89. The van der Waals surface area contributed by atoms with Crippen LogP contribution in [0.3, 0.4) is 0 Å². The van der Waals surface area contributed by atoms with Crippen LogP contribution in [0, 0.1) is 6.92 Å². The molecule has 26 heavy (non-hydrogen) atoms. The lowest BCUT2D eigenvalue weighted by Crippen LogP contribution is -2.04. The zero-order valence-corrected chi connectivity index (χ0v) is 15.2. The Morgan fingerprint density at radius 1 is 0.846 bits per heavy atom. The van der Waals surface area contributed by atoms with E-state index in [1.165, 1.54) is 0 Å². The van der Waals surface area contributed by atoms with Gasteiger partial charge < -0.3 is 9.47 Å². The number of ether oxygens (including phenoxy) is 2. The summed E-state index contributed by atoms with van der Waals surface area (Å²) in [5.74, 6) is 0.959. The molecular formula is C22H19ClO3. The molecule has 3 aromatic carbocycles. The third-order valence-electron chi connectivity index (χ3n) is 4.11. The summed E-state index contributed by atoms with van der Waals surface area (Å²) < 4.78 is 11.9. The lowest BCUT2D eigenvalue weighted by Gasteiger charge is -2.15. The van der Waals surface area contributed by atoms with Crippen LogP contribution in [0.2, 0.25) is 5.02 Å². The van der Waals surface area contributed by atoms with E-state index in [-0.39, 0.29) is 0 Å². The third kappa shape index (κ3) is 4.24. The van der Waals surface area contributed by atoms with E-state index in [1.807, 2.05) is 55.5 Å². The molecule has 0 heterocycles. The maximum absolute atomic E-state index is 11.4. The topological polar surface area (TPSA) is 35.5 Å². The SMILES string of the molecule is Cc1ccccc1COc1c(C=O)cccc1OCc1ccccc1Cl. The molecule has 0 atom stereocenters. The Morgan fingerprint density at radius 2 is 1.54 bits per heavy atom. The van der Waals surface area contributed by atoms with E-state index in [1.54, 1.807) is 18.2 Å². The van der Waals surface area contributed by atoms with E-state index >= 15 is 0 Å². The van der Waals surface area contributed by atoms with E-state index in [0.717, 1.165) is 23.0 Å². The lowest BCUT2D eigenvalue weighted by molar-refractivity contribution is 0.111. The van der Waals surface area contributed by atoms with Crippen LogP contribution in [0.15, 0.2) is 66.7 Å². The Kier molecular flexibility index (Phi) is 5.92. The first kappa shape index (κ1) is 18.0. The van der Waals surface area contributed by atoms with Crippen molar-refractivity contribution in [2.45, 2.75) is 20.1 Å². The molecule has 3 rings (SSSR count). The average molecular weight is 367 g/mol. The van der Waals surface area contributed by atoms with Gasteiger partial charge >= 0.3 is 0 Å². The largest absolute Gasteiger partial charge is 0.485 e. The number of aryl methyl sites for hydroxylation is 1. The van der Waals surface area contributed by atoms with Crippen molar-refractivity contribution in [1.82, 2.24) is 0 Å². The molecule has 0 amide bonds. The van der Waals surface area contributed by atoms with Crippen molar-refractivity contribution in [2.75, 3.05) is 0 Å². The van der Waals surface area contributed by atoms with E-state index in [0.29, 0.717) is 35.3 Å². The van der Waals surface area contributed by atoms with Gasteiger partial charge in [-0.2, -0.15) is 0 Å². The molecule has 0 saturated heterocycles. The number of hydrogen-bond donors (Lipinski definition) is 0. The minimum absolute atomic E-state index is 0.294. The first-order valence-electron chi connectivity index (χ1n) is 8.30. The monoisotopic (exact) mass is 366 g/mol. The smallest absolute Gasteiger partial charge is 0.172 e. The number of halogens is 1. The van der Waals surface area contributed by atoms with Crippen LogP contribution in [-0.4, -0.2) is 6.29 Å². The van der Waals surface area contributed by atoms with Crippen LogP contribution in [-0.2, 0) is 13.2 Å². The molecular weight excluding hydrogens is 348 g/mol. The molecule has 4 heteroatoms. The normalized spacial score (nSPS) is 10.4. The second-order valence-corrected chi connectivity index (χ2v) is 6.29. The third-order valence-corrected chi connectivity index (χ3v) is 4.48. The van der Waals surface area contributed by atoms with Crippen molar-refractivity contribution in [1.29, 1.82) is 0 Å². The number of benzene rings is 3. The van der Waals surface area contributed by atoms with Gasteiger partial charge in [-0.25, -0.2) is 0 Å². The molecule has 0 aromatic heterocycles. The summed E-state index contributed by atoms with van der Waals surface area (Å²) >= 11 is 6.18. The molecule has 0 aliphatic rings. The van der Waals surface area contributed by atoms with Crippen molar-refractivity contribution < 1.29 is 14.3 Å². The van der Waals surface area contributed by atoms with Gasteiger partial charge in [0, 0.05) is 10.6 Å². The van der Waals surface area contributed by atoms with Crippen molar-refractivity contribution >= 4 is 17.9 Å². The maximum Gasteiger partial charge on any atom is 0.172 e. The Hall–Kier alpha value is -2.78. The number of rotatable bonds is 7. The second kappa shape index (κ2) is 8.54. The van der Waals surface area contributed by atoms with Crippen molar-refractivity contribution in [3.05, 3.63) is 94.0 Å². The Balaban J connectivity index is 1.81. The van der Waals surface area contributed by atoms with Gasteiger partial charge in [0.2, 0.25) is 0 Å². The summed E-state index contributed by atoms with van der Waals surface area (Å²) in [6.07, 6.45) is 0.773. The van der Waals surface area contributed by atoms with Crippen LogP contribution in [0.5, 0.6) is 11.5 Å². The van der Waals surface area contributed by atoms with Gasteiger partial charge in [-0.05, 0) is 36.2 Å². The van der Waals surface area contributed by atoms with Crippen LogP contribution >= 0.6 is 11.6 Å². The van der Waals surface area contributed by atoms with Crippen molar-refractivity contribution in [2.24, 2.45) is 0 Å². The van der Waals surface area contributed by atoms with Gasteiger partial charge in [0.1, 0.15) is 13.2 Å². The predicted molar refractivity (Wildman–Crippen MR) is 103 cm³/mol. The lowest BCUT2D eigenvalue weighted by atomic mass is 10.1. The van der Waals surface area contributed by atoms with E-state index in [4.69, 9.17) is 21.1 Å². The first-order valence-corrected chi connectivity index (χ1v) is 8.68. The number of para-hydroxylation sites is 1. The summed E-state index contributed by atoms with van der Waals surface area (Å²) in [5.41, 5.74) is 3.52. The Labute approximate surface area is 158 Å². The van der Waals surface area contributed by atoms with Crippen LogP contribution in [0.25, 0.3) is 0 Å². The van der Waals surface area contributed by atoms with E-state index in [2.05, 4.69) is 0 Å². The molecule has 0 unspecified atom stereocenters. The van der Waals surface area contributed by atoms with Gasteiger partial charge in [0.25, 0.3) is 0 Å². The summed E-state index contributed by atoms with van der Waals surface area (Å²) in [7, 11) is 0. The number of carbonyl (C=O) groups is 1. The van der Waals surface area contributed by atoms with Gasteiger partial charge in [0.15, 0.2) is 17.8 Å². The fourth-order valence-corrected chi connectivity index (χ4v) is 2.78.